The van der Waals surface area contributed by atoms with E-state index in [9.17, 15) is 9.90 Å². The van der Waals surface area contributed by atoms with Gasteiger partial charge in [0.05, 0.1) is 5.56 Å². The third kappa shape index (κ3) is 3.14. The first-order valence-electron chi connectivity index (χ1n) is 8.89. The molecular formula is C23H19N3O2. The molecule has 0 saturated carbocycles. The summed E-state index contributed by atoms with van der Waals surface area (Å²) in [5, 5.41) is 18.2. The van der Waals surface area contributed by atoms with Crippen LogP contribution in [0, 0.1) is 5.41 Å². The number of aromatic carboxylic acids is 1. The highest BCUT2D eigenvalue weighted by Crippen LogP contribution is 2.30. The Morgan fingerprint density at radius 2 is 1.68 bits per heavy atom. The van der Waals surface area contributed by atoms with Crippen LogP contribution in [0.1, 0.15) is 27.0 Å². The average Bonchev–Trinajstić information content (AvgIpc) is 3.10. The minimum atomic E-state index is -0.941. The maximum Gasteiger partial charge on any atom is 0.336 e. The van der Waals surface area contributed by atoms with Crippen LogP contribution in [0.5, 0.6) is 0 Å². The fourth-order valence-corrected chi connectivity index (χ4v) is 3.54. The van der Waals surface area contributed by atoms with E-state index in [1.807, 2.05) is 60.8 Å². The van der Waals surface area contributed by atoms with E-state index >= 15 is 0 Å². The van der Waals surface area contributed by atoms with E-state index in [2.05, 4.69) is 4.98 Å². The second-order valence-electron chi connectivity index (χ2n) is 6.67. The Morgan fingerprint density at radius 3 is 2.43 bits per heavy atom. The van der Waals surface area contributed by atoms with Crippen LogP contribution in [0.4, 0.5) is 0 Å². The predicted octanol–water partition coefficient (Wildman–Crippen LogP) is 4.41. The molecule has 0 aliphatic heterocycles. The summed E-state index contributed by atoms with van der Waals surface area (Å²) >= 11 is 0. The lowest BCUT2D eigenvalue weighted by molar-refractivity contribution is 0.0697. The number of carboxylic acid groups (broad SMARTS) is 1. The minimum Gasteiger partial charge on any atom is -0.478 e. The van der Waals surface area contributed by atoms with E-state index in [1.54, 1.807) is 12.1 Å². The smallest absolute Gasteiger partial charge is 0.336 e. The molecule has 4 rings (SSSR count). The van der Waals surface area contributed by atoms with Gasteiger partial charge in [-0.2, -0.15) is 0 Å². The highest BCUT2D eigenvalue weighted by molar-refractivity contribution is 5.99. The van der Waals surface area contributed by atoms with Crippen molar-refractivity contribution < 1.29 is 9.90 Å². The van der Waals surface area contributed by atoms with E-state index in [4.69, 9.17) is 11.1 Å². The quantitative estimate of drug-likeness (QED) is 0.309. The number of aromatic nitrogens is 1. The number of carbonyl (C=O) groups is 1. The molecule has 0 unspecified atom stereocenters. The van der Waals surface area contributed by atoms with Gasteiger partial charge in [0, 0.05) is 29.1 Å². The van der Waals surface area contributed by atoms with Gasteiger partial charge in [0.15, 0.2) is 0 Å². The number of nitrogens with one attached hydrogen (secondary N) is 2. The first-order chi connectivity index (χ1) is 13.5. The number of aromatic amines is 1. The van der Waals surface area contributed by atoms with Gasteiger partial charge in [-0.05, 0) is 46.5 Å². The Labute approximate surface area is 162 Å². The lowest BCUT2D eigenvalue weighted by atomic mass is 9.92. The van der Waals surface area contributed by atoms with Crippen molar-refractivity contribution in [3.63, 3.8) is 0 Å². The van der Waals surface area contributed by atoms with Gasteiger partial charge in [0.25, 0.3) is 0 Å². The van der Waals surface area contributed by atoms with Gasteiger partial charge in [-0.3, -0.25) is 5.41 Å². The highest BCUT2D eigenvalue weighted by Gasteiger charge is 2.15. The zero-order valence-corrected chi connectivity index (χ0v) is 15.1. The van der Waals surface area contributed by atoms with Gasteiger partial charge in [-0.25, -0.2) is 4.79 Å². The summed E-state index contributed by atoms with van der Waals surface area (Å²) in [6.07, 6.45) is 2.58. The molecule has 0 radical (unpaired) electrons. The molecule has 0 saturated heterocycles. The number of amidine groups is 1. The van der Waals surface area contributed by atoms with Crippen molar-refractivity contribution in [2.24, 2.45) is 5.73 Å². The van der Waals surface area contributed by atoms with Crippen LogP contribution in [0.25, 0.3) is 22.0 Å². The number of fused-ring (bicyclic) bond motifs is 1. The van der Waals surface area contributed by atoms with Gasteiger partial charge >= 0.3 is 5.97 Å². The Morgan fingerprint density at radius 1 is 0.964 bits per heavy atom. The Hall–Kier alpha value is -3.86. The molecule has 0 aliphatic carbocycles. The van der Waals surface area contributed by atoms with Crippen molar-refractivity contribution in [3.8, 4) is 11.1 Å². The normalized spacial score (nSPS) is 10.9. The van der Waals surface area contributed by atoms with Crippen molar-refractivity contribution in [3.05, 3.63) is 95.2 Å². The van der Waals surface area contributed by atoms with Crippen molar-refractivity contribution in [2.45, 2.75) is 6.42 Å². The van der Waals surface area contributed by atoms with Gasteiger partial charge in [0.2, 0.25) is 0 Å². The van der Waals surface area contributed by atoms with Crippen LogP contribution in [-0.2, 0) is 6.42 Å². The molecule has 5 nitrogen and oxygen atoms in total. The number of benzene rings is 3. The Bertz CT molecular complexity index is 1210. The Kier molecular flexibility index (Phi) is 4.41. The fourth-order valence-electron chi connectivity index (χ4n) is 3.54. The molecule has 4 aromatic rings. The number of carboxylic acids is 1. The van der Waals surface area contributed by atoms with E-state index in [0.29, 0.717) is 17.5 Å². The van der Waals surface area contributed by atoms with E-state index in [-0.39, 0.29) is 11.4 Å². The standard InChI is InChI=1S/C23H19N3O2/c24-22(25)15-9-10-21-20(12-15)16(13-26-21)11-14-5-1-2-6-17(14)18-7-3-4-8-19(18)23(27)28/h1-10,12-13,26H,11H2,(H3,24,25)(H,27,28). The van der Waals surface area contributed by atoms with Crippen LogP contribution in [-0.4, -0.2) is 21.9 Å². The third-order valence-corrected chi connectivity index (χ3v) is 4.92. The zero-order valence-electron chi connectivity index (χ0n) is 15.1. The molecule has 1 heterocycles. The summed E-state index contributed by atoms with van der Waals surface area (Å²) in [7, 11) is 0. The third-order valence-electron chi connectivity index (χ3n) is 4.92. The van der Waals surface area contributed by atoms with Crippen LogP contribution in [0.2, 0.25) is 0 Å². The van der Waals surface area contributed by atoms with E-state index < -0.39 is 5.97 Å². The summed E-state index contributed by atoms with van der Waals surface area (Å²) in [6.45, 7) is 0. The first kappa shape index (κ1) is 17.5. The summed E-state index contributed by atoms with van der Waals surface area (Å²) in [5.74, 6) is -0.909. The Balaban J connectivity index is 1.81. The molecule has 1 aromatic heterocycles. The van der Waals surface area contributed by atoms with E-state index in [1.165, 1.54) is 0 Å². The highest BCUT2D eigenvalue weighted by atomic mass is 16.4. The lowest BCUT2D eigenvalue weighted by Crippen LogP contribution is -2.10. The molecule has 5 heteroatoms. The molecule has 138 valence electrons. The largest absolute Gasteiger partial charge is 0.478 e. The van der Waals surface area contributed by atoms with Crippen molar-refractivity contribution in [2.75, 3.05) is 0 Å². The van der Waals surface area contributed by atoms with Crippen molar-refractivity contribution >= 4 is 22.7 Å². The molecule has 0 spiro atoms. The van der Waals surface area contributed by atoms with E-state index in [0.717, 1.165) is 27.6 Å². The summed E-state index contributed by atoms with van der Waals surface area (Å²) in [4.78, 5) is 14.9. The fraction of sp³-hybridized carbons (Fsp3) is 0.0435. The molecular weight excluding hydrogens is 350 g/mol. The number of nitrogen functional groups attached to an aromatic ring is 1. The van der Waals surface area contributed by atoms with Crippen molar-refractivity contribution in [1.82, 2.24) is 4.98 Å². The predicted molar refractivity (Wildman–Crippen MR) is 111 cm³/mol. The molecule has 3 aromatic carbocycles. The molecule has 0 aliphatic rings. The molecule has 28 heavy (non-hydrogen) atoms. The maximum absolute atomic E-state index is 11.7. The summed E-state index contributed by atoms with van der Waals surface area (Å²) in [6, 6.07) is 20.5. The van der Waals surface area contributed by atoms with Gasteiger partial charge in [-0.15, -0.1) is 0 Å². The molecule has 0 fully saturated rings. The number of hydrogen-bond acceptors (Lipinski definition) is 2. The number of nitrogens with two attached hydrogens (primary N) is 1. The first-order valence-corrected chi connectivity index (χ1v) is 8.89. The summed E-state index contributed by atoms with van der Waals surface area (Å²) in [5.41, 5.74) is 11.3. The second-order valence-corrected chi connectivity index (χ2v) is 6.67. The number of H-pyrrole nitrogens is 1. The number of rotatable bonds is 5. The second kappa shape index (κ2) is 7.04. The SMILES string of the molecule is N=C(N)c1ccc2[nH]cc(Cc3ccccc3-c3ccccc3C(=O)O)c2c1. The van der Waals surface area contributed by atoms with Gasteiger partial charge in [0.1, 0.15) is 5.84 Å². The molecule has 0 amide bonds. The minimum absolute atomic E-state index is 0.0323. The molecule has 0 atom stereocenters. The molecule has 5 N–H and O–H groups in total. The maximum atomic E-state index is 11.7. The monoisotopic (exact) mass is 369 g/mol. The summed E-state index contributed by atoms with van der Waals surface area (Å²) < 4.78 is 0. The average molecular weight is 369 g/mol. The van der Waals surface area contributed by atoms with Gasteiger partial charge in [-0.1, -0.05) is 42.5 Å². The van der Waals surface area contributed by atoms with Crippen LogP contribution >= 0.6 is 0 Å². The van der Waals surface area contributed by atoms with Crippen LogP contribution in [0.3, 0.4) is 0 Å². The number of hydrogen-bond donors (Lipinski definition) is 4. The zero-order chi connectivity index (χ0) is 19.7. The van der Waals surface area contributed by atoms with Crippen LogP contribution in [0.15, 0.2) is 72.9 Å². The topological polar surface area (TPSA) is 103 Å². The van der Waals surface area contributed by atoms with Crippen LogP contribution < -0.4 is 5.73 Å². The van der Waals surface area contributed by atoms with Crippen molar-refractivity contribution in [1.29, 1.82) is 5.41 Å². The molecule has 0 bridgehead atoms. The van der Waals surface area contributed by atoms with Gasteiger partial charge < -0.3 is 15.8 Å². The lowest BCUT2D eigenvalue weighted by Gasteiger charge is -2.12.